The van der Waals surface area contributed by atoms with Crippen molar-refractivity contribution in [3.63, 3.8) is 0 Å². The van der Waals surface area contributed by atoms with Crippen LogP contribution in [0.1, 0.15) is 227 Å². The number of ketones is 2. The van der Waals surface area contributed by atoms with Crippen LogP contribution < -0.4 is 0 Å². The van der Waals surface area contributed by atoms with Gasteiger partial charge < -0.3 is 54.0 Å². The summed E-state index contributed by atoms with van der Waals surface area (Å²) < 4.78 is 21.6. The van der Waals surface area contributed by atoms with Gasteiger partial charge in [0.05, 0.1) is 62.1 Å². The van der Waals surface area contributed by atoms with Gasteiger partial charge in [0.15, 0.2) is 0 Å². The molecule has 101 heavy (non-hydrogen) atoms. The number of carbonyl (C=O) groups is 10. The standard InChI is InChI=1S/2C21H27N3O4.2C11H18BrNO3.C10H10O3/c1-11-7-12(2)15(19(25)26)9-14(11)18-22-16-8-13(3)24(10-17(16)23-18)20(27)28-21(4,5)6;1-11-9-12(2)15(19(25)26)10-14(11)18-22-16-7-8-24(13(3)17(16)23-18)20(27)28-21(4,5)6;1-7-5-9(14)8(12)6-13(7)10(15)16-11(2,3)4;1-7-9(12)8(14)5-6-13(7)10(15)16-11(2,3)4;1-6-3-7(2)9(10(12)13)4-8(6)5-11/h7,9,13H,8,10H2,1-6H3,(H,22,23)(H,25,26);9-10,13H,7-8H2,1-6H3,(H,22,23)(H,25,26);7-8H,5-6H2,1-4H3;7,9H,5-6H2,1-4H3;3-5H,1-2H3,(H,12,13). The van der Waals surface area contributed by atoms with E-state index in [1.54, 1.807) is 65.5 Å². The minimum Gasteiger partial charge on any atom is -0.478 e. The van der Waals surface area contributed by atoms with E-state index in [0.29, 0.717) is 80.9 Å². The van der Waals surface area contributed by atoms with Crippen molar-refractivity contribution in [2.24, 2.45) is 0 Å². The molecule has 9 rings (SSSR count). The van der Waals surface area contributed by atoms with Gasteiger partial charge in [0.2, 0.25) is 0 Å². The lowest BCUT2D eigenvalue weighted by Crippen LogP contribution is -2.52. The average Bonchev–Trinajstić information content (AvgIpc) is 1.65. The van der Waals surface area contributed by atoms with Crippen LogP contribution in [0.3, 0.4) is 0 Å². The smallest absolute Gasteiger partial charge is 0.410 e. The van der Waals surface area contributed by atoms with Crippen LogP contribution >= 0.6 is 31.9 Å². The summed E-state index contributed by atoms with van der Waals surface area (Å²) in [6, 6.07) is 9.63. The highest BCUT2D eigenvalue weighted by Crippen LogP contribution is 2.35. The topological polar surface area (TPSA) is 339 Å². The summed E-state index contributed by atoms with van der Waals surface area (Å²) in [5, 5.41) is 27.6. The van der Waals surface area contributed by atoms with Crippen molar-refractivity contribution in [3.8, 4) is 22.8 Å². The van der Waals surface area contributed by atoms with E-state index < -0.39 is 40.3 Å². The first kappa shape index (κ1) is 83.2. The lowest BCUT2D eigenvalue weighted by atomic mass is 9.99. The molecule has 4 aliphatic rings. The largest absolute Gasteiger partial charge is 0.478 e. The maximum atomic E-state index is 12.5. The van der Waals surface area contributed by atoms with Crippen LogP contribution in [0, 0.1) is 41.5 Å². The number of carbonyl (C=O) groups excluding carboxylic acids is 7. The molecule has 2 fully saturated rings. The molecule has 4 aliphatic heterocycles. The molecule has 0 spiro atoms. The Balaban J connectivity index is 0.000000236. The fraction of sp³-hybridized carbons (Fsp3) is 0.541. The van der Waals surface area contributed by atoms with Crippen LogP contribution in [0.4, 0.5) is 19.2 Å². The van der Waals surface area contributed by atoms with E-state index in [-0.39, 0.29) is 86.5 Å². The molecule has 27 heteroatoms. The third-order valence-electron chi connectivity index (χ3n) is 16.6. The number of imidazole rings is 2. The number of alkyl halides is 2. The number of likely N-dealkylation sites (tertiary alicyclic amines) is 2. The van der Waals surface area contributed by atoms with Crippen molar-refractivity contribution in [1.82, 2.24) is 39.5 Å². The molecule has 5 N–H and O–H groups in total. The van der Waals surface area contributed by atoms with Gasteiger partial charge in [-0.05, 0) is 204 Å². The molecule has 552 valence electrons. The predicted octanol–water partition coefficient (Wildman–Crippen LogP) is 14.8. The van der Waals surface area contributed by atoms with Crippen molar-refractivity contribution >= 4 is 92.0 Å². The van der Waals surface area contributed by atoms with E-state index >= 15 is 0 Å². The Labute approximate surface area is 608 Å². The van der Waals surface area contributed by atoms with Gasteiger partial charge in [-0.15, -0.1) is 0 Å². The molecule has 0 aliphatic carbocycles. The molecule has 25 nitrogen and oxygen atoms in total. The van der Waals surface area contributed by atoms with Gasteiger partial charge in [0.1, 0.15) is 51.9 Å². The number of carboxylic acids is 3. The minimum absolute atomic E-state index is 0.0350. The summed E-state index contributed by atoms with van der Waals surface area (Å²) in [7, 11) is 0. The number of amides is 4. The Morgan fingerprint density at radius 1 is 0.505 bits per heavy atom. The fourth-order valence-electron chi connectivity index (χ4n) is 11.4. The molecule has 0 bridgehead atoms. The van der Waals surface area contributed by atoms with Crippen molar-refractivity contribution in [2.75, 3.05) is 19.6 Å². The van der Waals surface area contributed by atoms with Crippen molar-refractivity contribution in [2.45, 2.75) is 241 Å². The van der Waals surface area contributed by atoms with Crippen LogP contribution in [0.2, 0.25) is 0 Å². The second-order valence-corrected chi connectivity index (χ2v) is 32.0. The van der Waals surface area contributed by atoms with Crippen LogP contribution in [0.25, 0.3) is 22.8 Å². The van der Waals surface area contributed by atoms with E-state index in [1.807, 2.05) is 137 Å². The second kappa shape index (κ2) is 33.6. The SMILES string of the molecule is CC1C(Br)C(=O)CCN1C(=O)OC(C)(C)C.CC1CC(=O)C(Br)CN1C(=O)OC(C)(C)C.Cc1cc(C)c(-c2nc3c([nH]2)CCN(C(=O)OC(C)(C)C)C3C)cc1C(=O)O.Cc1cc(C)c(-c2nc3c([nH]2)CN(C(=O)OC(C)(C)C)C(C)C3)cc1C(=O)O.Cc1cc(C)c(C(=O)O)cc1C=O. The number of piperidine rings is 2. The molecule has 0 saturated carbocycles. The number of ether oxygens (including phenoxy) is 4. The molecule has 6 atom stereocenters. The molecule has 2 saturated heterocycles. The van der Waals surface area contributed by atoms with Crippen molar-refractivity contribution in [1.29, 1.82) is 0 Å². The summed E-state index contributed by atoms with van der Waals surface area (Å²) >= 11 is 6.58. The molecule has 4 amide bonds. The monoisotopic (exact) mass is 1530 g/mol. The van der Waals surface area contributed by atoms with E-state index in [0.717, 1.165) is 61.7 Å². The maximum absolute atomic E-state index is 12.5. The Kier molecular flexibility index (Phi) is 27.6. The lowest BCUT2D eigenvalue weighted by molar-refractivity contribution is -0.122. The van der Waals surface area contributed by atoms with Gasteiger partial charge in [-0.25, -0.2) is 43.5 Å². The van der Waals surface area contributed by atoms with Gasteiger partial charge in [0.25, 0.3) is 0 Å². The quantitative estimate of drug-likeness (QED) is 0.0599. The van der Waals surface area contributed by atoms with E-state index in [4.69, 9.17) is 34.0 Å². The average molecular weight is 1530 g/mol. The zero-order valence-corrected chi connectivity index (χ0v) is 65.3. The number of nitrogens with zero attached hydrogens (tertiary/aromatic N) is 6. The second-order valence-electron chi connectivity index (χ2n) is 29.9. The summed E-state index contributed by atoms with van der Waals surface area (Å²) in [4.78, 5) is 138. The molecule has 0 radical (unpaired) electrons. The number of fused-ring (bicyclic) bond motifs is 2. The number of halogens is 2. The Hall–Kier alpha value is -8.46. The number of aldehydes is 1. The molecule has 3 aromatic carbocycles. The number of aromatic nitrogens is 4. The highest BCUT2D eigenvalue weighted by atomic mass is 79.9. The number of hydrogen-bond donors (Lipinski definition) is 5. The summed E-state index contributed by atoms with van der Waals surface area (Å²) in [6.07, 6.45) is 1.30. The highest BCUT2D eigenvalue weighted by molar-refractivity contribution is 9.10. The van der Waals surface area contributed by atoms with Crippen LogP contribution in [-0.4, -0.2) is 185 Å². The molecule has 5 aromatic rings. The lowest BCUT2D eigenvalue weighted by Gasteiger charge is -2.36. The third-order valence-corrected chi connectivity index (χ3v) is 18.7. The number of aromatic amines is 2. The third kappa shape index (κ3) is 22.8. The van der Waals surface area contributed by atoms with Gasteiger partial charge in [-0.1, -0.05) is 50.1 Å². The minimum atomic E-state index is -0.999. The summed E-state index contributed by atoms with van der Waals surface area (Å²) in [6.45, 7) is 42.3. The normalized spacial score (nSPS) is 19.0. The number of Topliss-reactive ketones (excluding diaryl/α,β-unsaturated/α-hetero) is 2. The van der Waals surface area contributed by atoms with Gasteiger partial charge in [-0.3, -0.25) is 24.2 Å². The maximum Gasteiger partial charge on any atom is 0.410 e. The number of benzene rings is 3. The number of aryl methyl sites for hydroxylation is 6. The van der Waals surface area contributed by atoms with Gasteiger partial charge in [-0.2, -0.15) is 0 Å². The zero-order chi connectivity index (χ0) is 76.6. The molecule has 6 unspecified atom stereocenters. The molecule has 6 heterocycles. The Morgan fingerprint density at radius 3 is 1.36 bits per heavy atom. The number of carboxylic acid groups (broad SMARTS) is 3. The van der Waals surface area contributed by atoms with Crippen molar-refractivity contribution < 1.29 is 82.2 Å². The first-order valence-corrected chi connectivity index (χ1v) is 35.2. The number of rotatable bonds is 6. The van der Waals surface area contributed by atoms with Crippen LogP contribution in [0.15, 0.2) is 36.4 Å². The Morgan fingerprint density at radius 2 is 0.901 bits per heavy atom. The zero-order valence-electron chi connectivity index (χ0n) is 62.2. The predicted molar refractivity (Wildman–Crippen MR) is 389 cm³/mol. The van der Waals surface area contributed by atoms with Crippen LogP contribution in [-0.2, 0) is 47.9 Å². The van der Waals surface area contributed by atoms with E-state index in [1.165, 1.54) is 6.07 Å². The highest BCUT2D eigenvalue weighted by Gasteiger charge is 2.39. The van der Waals surface area contributed by atoms with Gasteiger partial charge >= 0.3 is 42.3 Å². The number of H-pyrrole nitrogens is 2. The Bertz CT molecular complexity index is 3890. The van der Waals surface area contributed by atoms with Crippen LogP contribution in [0.5, 0.6) is 0 Å². The molecular weight excluding hydrogens is 1430 g/mol. The fourth-order valence-corrected chi connectivity index (χ4v) is 12.4. The number of nitrogens with one attached hydrogen (secondary N) is 2. The first-order chi connectivity index (χ1) is 46.4. The number of hydrogen-bond acceptors (Lipinski definition) is 16. The first-order valence-electron chi connectivity index (χ1n) is 33.4. The molecule has 2 aromatic heterocycles. The number of aromatic carboxylic acids is 3. The summed E-state index contributed by atoms with van der Waals surface area (Å²) in [5.41, 5.74) is 8.89. The van der Waals surface area contributed by atoms with E-state index in [2.05, 4.69) is 41.8 Å². The van der Waals surface area contributed by atoms with Crippen molar-refractivity contribution in [3.05, 3.63) is 115 Å². The van der Waals surface area contributed by atoms with Gasteiger partial charge in [0, 0.05) is 79.8 Å². The molecular formula is C74H100Br2N8O17. The summed E-state index contributed by atoms with van der Waals surface area (Å²) in [5.74, 6) is -1.37. The van der Waals surface area contributed by atoms with E-state index in [9.17, 15) is 58.2 Å².